The standard InChI is InChI=1S/C10H10BrN3/c1-14-9-7(11)4-12-5-8(9)13-10(14)6-2-3-6/h4-6H,2-3H2,1H3. The molecule has 0 spiro atoms. The lowest BCUT2D eigenvalue weighted by Crippen LogP contribution is -1.95. The molecule has 72 valence electrons. The zero-order chi connectivity index (χ0) is 9.71. The largest absolute Gasteiger partial charge is 0.330 e. The van der Waals surface area contributed by atoms with Crippen LogP contribution >= 0.6 is 15.9 Å². The third-order valence-corrected chi connectivity index (χ3v) is 3.29. The molecule has 3 nitrogen and oxygen atoms in total. The normalized spacial score (nSPS) is 16.4. The second-order valence-electron chi connectivity index (χ2n) is 3.79. The molecule has 4 heteroatoms. The molecule has 2 aromatic rings. The molecule has 0 bridgehead atoms. The Bertz CT molecular complexity index is 499. The van der Waals surface area contributed by atoms with Gasteiger partial charge in [0.25, 0.3) is 0 Å². The van der Waals surface area contributed by atoms with Crippen molar-refractivity contribution in [2.24, 2.45) is 7.05 Å². The van der Waals surface area contributed by atoms with E-state index in [0.29, 0.717) is 5.92 Å². The molecular weight excluding hydrogens is 242 g/mol. The van der Waals surface area contributed by atoms with E-state index in [1.165, 1.54) is 18.7 Å². The second kappa shape index (κ2) is 2.79. The Hall–Kier alpha value is -0.900. The molecule has 2 aromatic heterocycles. The van der Waals surface area contributed by atoms with Gasteiger partial charge in [0.05, 0.1) is 16.2 Å². The summed E-state index contributed by atoms with van der Waals surface area (Å²) in [5.41, 5.74) is 2.14. The van der Waals surface area contributed by atoms with Gasteiger partial charge in [-0.25, -0.2) is 4.98 Å². The van der Waals surface area contributed by atoms with E-state index in [4.69, 9.17) is 0 Å². The Morgan fingerprint density at radius 2 is 2.21 bits per heavy atom. The van der Waals surface area contributed by atoms with Crippen molar-refractivity contribution in [1.29, 1.82) is 0 Å². The average molecular weight is 252 g/mol. The minimum absolute atomic E-state index is 0.680. The number of pyridine rings is 1. The number of rotatable bonds is 1. The van der Waals surface area contributed by atoms with Crippen molar-refractivity contribution < 1.29 is 0 Å². The van der Waals surface area contributed by atoms with Crippen molar-refractivity contribution in [3.05, 3.63) is 22.7 Å². The lowest BCUT2D eigenvalue weighted by atomic mass is 10.4. The first-order chi connectivity index (χ1) is 6.77. The van der Waals surface area contributed by atoms with Gasteiger partial charge >= 0.3 is 0 Å². The summed E-state index contributed by atoms with van der Waals surface area (Å²) in [4.78, 5) is 8.73. The number of aryl methyl sites for hydroxylation is 1. The highest BCUT2D eigenvalue weighted by Gasteiger charge is 2.28. The second-order valence-corrected chi connectivity index (χ2v) is 4.65. The Balaban J connectivity index is 2.34. The maximum atomic E-state index is 4.61. The topological polar surface area (TPSA) is 30.7 Å². The van der Waals surface area contributed by atoms with Crippen LogP contribution in [0.1, 0.15) is 24.6 Å². The third-order valence-electron chi connectivity index (χ3n) is 2.71. The number of hydrogen-bond acceptors (Lipinski definition) is 2. The van der Waals surface area contributed by atoms with Crippen LogP contribution in [0.4, 0.5) is 0 Å². The minimum Gasteiger partial charge on any atom is -0.330 e. The van der Waals surface area contributed by atoms with Gasteiger partial charge < -0.3 is 4.57 Å². The minimum atomic E-state index is 0.680. The summed E-state index contributed by atoms with van der Waals surface area (Å²) >= 11 is 3.51. The van der Waals surface area contributed by atoms with E-state index in [-0.39, 0.29) is 0 Å². The molecule has 0 unspecified atom stereocenters. The van der Waals surface area contributed by atoms with E-state index in [0.717, 1.165) is 15.5 Å². The molecule has 0 N–H and O–H groups in total. The van der Waals surface area contributed by atoms with Crippen LogP contribution in [0.25, 0.3) is 11.0 Å². The van der Waals surface area contributed by atoms with E-state index >= 15 is 0 Å². The van der Waals surface area contributed by atoms with Gasteiger partial charge in [-0.05, 0) is 28.8 Å². The lowest BCUT2D eigenvalue weighted by molar-refractivity contribution is 0.819. The van der Waals surface area contributed by atoms with Crippen molar-refractivity contribution in [2.75, 3.05) is 0 Å². The Labute approximate surface area is 90.3 Å². The van der Waals surface area contributed by atoms with Crippen LogP contribution in [-0.4, -0.2) is 14.5 Å². The van der Waals surface area contributed by atoms with Gasteiger partial charge in [-0.1, -0.05) is 0 Å². The van der Waals surface area contributed by atoms with Gasteiger partial charge in [0.2, 0.25) is 0 Å². The van der Waals surface area contributed by atoms with Crippen molar-refractivity contribution in [2.45, 2.75) is 18.8 Å². The summed E-state index contributed by atoms with van der Waals surface area (Å²) in [7, 11) is 2.08. The molecule has 1 fully saturated rings. The average Bonchev–Trinajstić information content (AvgIpc) is 2.93. The SMILES string of the molecule is Cn1c(C2CC2)nc2cncc(Br)c21. The molecule has 14 heavy (non-hydrogen) atoms. The predicted molar refractivity (Wildman–Crippen MR) is 58.2 cm³/mol. The highest BCUT2D eigenvalue weighted by Crippen LogP contribution is 2.40. The Morgan fingerprint density at radius 1 is 1.43 bits per heavy atom. The molecule has 0 atom stereocenters. The van der Waals surface area contributed by atoms with Gasteiger partial charge in [-0.3, -0.25) is 4.98 Å². The van der Waals surface area contributed by atoms with Gasteiger partial charge in [-0.15, -0.1) is 0 Å². The molecule has 0 aromatic carbocycles. The van der Waals surface area contributed by atoms with Gasteiger partial charge in [0.1, 0.15) is 11.3 Å². The molecule has 2 heterocycles. The van der Waals surface area contributed by atoms with Crippen LogP contribution in [0.3, 0.4) is 0 Å². The fourth-order valence-corrected chi connectivity index (χ4v) is 2.44. The highest BCUT2D eigenvalue weighted by molar-refractivity contribution is 9.10. The van der Waals surface area contributed by atoms with Gasteiger partial charge in [0, 0.05) is 19.2 Å². The number of aromatic nitrogens is 3. The first-order valence-corrected chi connectivity index (χ1v) is 5.52. The van der Waals surface area contributed by atoms with Crippen molar-refractivity contribution in [3.63, 3.8) is 0 Å². The zero-order valence-corrected chi connectivity index (χ0v) is 9.45. The number of nitrogens with zero attached hydrogens (tertiary/aromatic N) is 3. The van der Waals surface area contributed by atoms with E-state index in [1.54, 1.807) is 0 Å². The van der Waals surface area contributed by atoms with Crippen molar-refractivity contribution in [1.82, 2.24) is 14.5 Å². The summed E-state index contributed by atoms with van der Waals surface area (Å²) in [6, 6.07) is 0. The number of fused-ring (bicyclic) bond motifs is 1. The molecular formula is C10H10BrN3. The van der Waals surface area contributed by atoms with Gasteiger partial charge in [0.15, 0.2) is 0 Å². The predicted octanol–water partition coefficient (Wildman–Crippen LogP) is 2.61. The number of hydrogen-bond donors (Lipinski definition) is 0. The quantitative estimate of drug-likeness (QED) is 0.781. The highest BCUT2D eigenvalue weighted by atomic mass is 79.9. The Kier molecular flexibility index (Phi) is 1.68. The molecule has 0 saturated heterocycles. The summed E-state index contributed by atoms with van der Waals surface area (Å²) in [5, 5.41) is 0. The first-order valence-electron chi connectivity index (χ1n) is 4.73. The summed E-state index contributed by atoms with van der Waals surface area (Å²) in [5.74, 6) is 1.88. The van der Waals surface area contributed by atoms with Crippen molar-refractivity contribution in [3.8, 4) is 0 Å². The molecule has 1 aliphatic carbocycles. The zero-order valence-electron chi connectivity index (χ0n) is 7.87. The Morgan fingerprint density at radius 3 is 2.86 bits per heavy atom. The fraction of sp³-hybridized carbons (Fsp3) is 0.400. The molecule has 0 aliphatic heterocycles. The monoisotopic (exact) mass is 251 g/mol. The van der Waals surface area contributed by atoms with Gasteiger partial charge in [-0.2, -0.15) is 0 Å². The van der Waals surface area contributed by atoms with E-state index in [9.17, 15) is 0 Å². The molecule has 1 saturated carbocycles. The lowest BCUT2D eigenvalue weighted by Gasteiger charge is -2.00. The number of halogens is 1. The van der Waals surface area contributed by atoms with Crippen LogP contribution in [-0.2, 0) is 7.05 Å². The van der Waals surface area contributed by atoms with Crippen LogP contribution in [0, 0.1) is 0 Å². The summed E-state index contributed by atoms with van der Waals surface area (Å²) in [6.07, 6.45) is 6.21. The molecule has 1 aliphatic rings. The summed E-state index contributed by atoms with van der Waals surface area (Å²) in [6.45, 7) is 0. The molecule has 0 amide bonds. The summed E-state index contributed by atoms with van der Waals surface area (Å²) < 4.78 is 3.20. The maximum Gasteiger partial charge on any atom is 0.112 e. The maximum absolute atomic E-state index is 4.61. The number of imidazole rings is 1. The van der Waals surface area contributed by atoms with Crippen LogP contribution in [0.5, 0.6) is 0 Å². The molecule has 3 rings (SSSR count). The third kappa shape index (κ3) is 1.10. The fourth-order valence-electron chi connectivity index (χ4n) is 1.85. The van der Waals surface area contributed by atoms with E-state index in [2.05, 4.69) is 37.5 Å². The molecule has 0 radical (unpaired) electrons. The van der Waals surface area contributed by atoms with Crippen LogP contribution < -0.4 is 0 Å². The smallest absolute Gasteiger partial charge is 0.112 e. The van der Waals surface area contributed by atoms with Crippen LogP contribution in [0.2, 0.25) is 0 Å². The van der Waals surface area contributed by atoms with Crippen molar-refractivity contribution >= 4 is 27.0 Å². The van der Waals surface area contributed by atoms with E-state index in [1.807, 2.05) is 12.4 Å². The first kappa shape index (κ1) is 8.41. The van der Waals surface area contributed by atoms with Crippen LogP contribution in [0.15, 0.2) is 16.9 Å². The van der Waals surface area contributed by atoms with E-state index < -0.39 is 0 Å².